The van der Waals surface area contributed by atoms with E-state index in [1.165, 1.54) is 18.2 Å². The van der Waals surface area contributed by atoms with Gasteiger partial charge in [-0.3, -0.25) is 4.79 Å². The van der Waals surface area contributed by atoms with E-state index in [0.29, 0.717) is 0 Å². The minimum atomic E-state index is 0.196. The maximum absolute atomic E-state index is 10.4. The van der Waals surface area contributed by atoms with Crippen LogP contribution in [0.1, 0.15) is 26.7 Å². The molecule has 0 radical (unpaired) electrons. The van der Waals surface area contributed by atoms with Gasteiger partial charge in [-0.05, 0) is 6.42 Å². The molecule has 0 spiro atoms. The lowest BCUT2D eigenvalue weighted by molar-refractivity contribution is -0.109. The van der Waals surface area contributed by atoms with E-state index in [2.05, 4.69) is 19.1 Å². The summed E-state index contributed by atoms with van der Waals surface area (Å²) in [6.45, 7) is 3.74. The van der Waals surface area contributed by atoms with Crippen molar-refractivity contribution in [3.05, 3.63) is 12.2 Å². The van der Waals surface area contributed by atoms with E-state index in [9.17, 15) is 4.79 Å². The first-order valence-electron chi connectivity index (χ1n) is 3.55. The molecule has 0 rings (SSSR count). The van der Waals surface area contributed by atoms with Gasteiger partial charge in [0.15, 0.2) is 5.12 Å². The number of hydrogen-bond acceptors (Lipinski definition) is 2. The quantitative estimate of drug-likeness (QED) is 0.585. The summed E-state index contributed by atoms with van der Waals surface area (Å²) < 4.78 is 0. The maximum atomic E-state index is 10.4. The van der Waals surface area contributed by atoms with Crippen LogP contribution in [0.3, 0.4) is 0 Å². The van der Waals surface area contributed by atoms with Gasteiger partial charge in [-0.1, -0.05) is 37.3 Å². The second kappa shape index (κ2) is 6.87. The zero-order valence-electron chi connectivity index (χ0n) is 6.59. The summed E-state index contributed by atoms with van der Waals surface area (Å²) in [6.07, 6.45) is 6.48. The van der Waals surface area contributed by atoms with Gasteiger partial charge in [0, 0.05) is 12.7 Å². The molecule has 0 unspecified atom stereocenters. The van der Waals surface area contributed by atoms with Gasteiger partial charge >= 0.3 is 0 Å². The third kappa shape index (κ3) is 7.76. The average molecular weight is 158 g/mol. The van der Waals surface area contributed by atoms with Crippen LogP contribution in [0.15, 0.2) is 12.2 Å². The van der Waals surface area contributed by atoms with Gasteiger partial charge in [0.1, 0.15) is 0 Å². The molecule has 0 aliphatic rings. The Labute approximate surface area is 66.9 Å². The molecule has 0 N–H and O–H groups in total. The summed E-state index contributed by atoms with van der Waals surface area (Å²) in [6, 6.07) is 0. The largest absolute Gasteiger partial charge is 0.288 e. The lowest BCUT2D eigenvalue weighted by Crippen LogP contribution is -1.81. The Balaban J connectivity index is 3.10. The fraction of sp³-hybridized carbons (Fsp3) is 0.625. The van der Waals surface area contributed by atoms with Gasteiger partial charge in [-0.25, -0.2) is 0 Å². The summed E-state index contributed by atoms with van der Waals surface area (Å²) >= 11 is 1.36. The highest BCUT2D eigenvalue weighted by molar-refractivity contribution is 8.13. The molecule has 2 heteroatoms. The van der Waals surface area contributed by atoms with Crippen LogP contribution in [-0.2, 0) is 4.79 Å². The van der Waals surface area contributed by atoms with E-state index >= 15 is 0 Å². The molecule has 0 aromatic carbocycles. The molecule has 1 nitrogen and oxygen atoms in total. The highest BCUT2D eigenvalue weighted by Gasteiger charge is 1.87. The summed E-state index contributed by atoms with van der Waals surface area (Å²) in [5, 5.41) is 0.196. The monoisotopic (exact) mass is 158 g/mol. The molecule has 10 heavy (non-hydrogen) atoms. The zero-order valence-corrected chi connectivity index (χ0v) is 7.41. The molecule has 0 saturated carbocycles. The first-order chi connectivity index (χ1) is 4.77. The summed E-state index contributed by atoms with van der Waals surface area (Å²) in [7, 11) is 0. The van der Waals surface area contributed by atoms with E-state index in [0.717, 1.165) is 12.2 Å². The minimum absolute atomic E-state index is 0.196. The van der Waals surface area contributed by atoms with Crippen LogP contribution < -0.4 is 0 Å². The van der Waals surface area contributed by atoms with Crippen molar-refractivity contribution < 1.29 is 4.79 Å². The number of allylic oxidation sites excluding steroid dienone is 1. The van der Waals surface area contributed by atoms with Crippen molar-refractivity contribution in [3.8, 4) is 0 Å². The third-order valence-corrected chi connectivity index (χ3v) is 1.77. The van der Waals surface area contributed by atoms with Crippen LogP contribution in [0.4, 0.5) is 0 Å². The van der Waals surface area contributed by atoms with Crippen molar-refractivity contribution in [2.75, 3.05) is 5.75 Å². The minimum Gasteiger partial charge on any atom is -0.288 e. The molecule has 0 atom stereocenters. The van der Waals surface area contributed by atoms with Crippen molar-refractivity contribution in [1.82, 2.24) is 0 Å². The van der Waals surface area contributed by atoms with Gasteiger partial charge in [0.2, 0.25) is 0 Å². The molecule has 0 bridgehead atoms. The lowest BCUT2D eigenvalue weighted by Gasteiger charge is -1.87. The lowest BCUT2D eigenvalue weighted by atomic mass is 10.3. The Morgan fingerprint density at radius 2 is 2.20 bits per heavy atom. The average Bonchev–Trinajstić information content (AvgIpc) is 1.87. The van der Waals surface area contributed by atoms with E-state index in [4.69, 9.17) is 0 Å². The van der Waals surface area contributed by atoms with Gasteiger partial charge in [-0.15, -0.1) is 0 Å². The fourth-order valence-corrected chi connectivity index (χ4v) is 0.985. The van der Waals surface area contributed by atoms with Crippen LogP contribution in [-0.4, -0.2) is 10.9 Å². The smallest absolute Gasteiger partial charge is 0.186 e. The first kappa shape index (κ1) is 9.76. The molecule has 0 aromatic rings. The predicted molar refractivity (Wildman–Crippen MR) is 47.2 cm³/mol. The SMILES string of the molecule is CCC/C=C/CSC(C)=O. The number of thioether (sulfide) groups is 1. The van der Waals surface area contributed by atoms with Crippen molar-refractivity contribution in [2.24, 2.45) is 0 Å². The van der Waals surface area contributed by atoms with Crippen molar-refractivity contribution in [1.29, 1.82) is 0 Å². The molecule has 0 aromatic heterocycles. The van der Waals surface area contributed by atoms with E-state index in [1.807, 2.05) is 0 Å². The van der Waals surface area contributed by atoms with Crippen LogP contribution >= 0.6 is 11.8 Å². The topological polar surface area (TPSA) is 17.1 Å². The Hall–Kier alpha value is -0.240. The third-order valence-electron chi connectivity index (χ3n) is 1.00. The van der Waals surface area contributed by atoms with Gasteiger partial charge in [0.25, 0.3) is 0 Å². The summed E-state index contributed by atoms with van der Waals surface area (Å²) in [5.74, 6) is 0.829. The highest BCUT2D eigenvalue weighted by Crippen LogP contribution is 2.01. The number of rotatable bonds is 4. The molecule has 0 saturated heterocycles. The van der Waals surface area contributed by atoms with Crippen LogP contribution in [0.2, 0.25) is 0 Å². The van der Waals surface area contributed by atoms with Crippen molar-refractivity contribution in [2.45, 2.75) is 26.7 Å². The normalized spacial score (nSPS) is 10.6. The molecule has 0 aliphatic carbocycles. The second-order valence-electron chi connectivity index (χ2n) is 2.06. The molecule has 0 heterocycles. The first-order valence-corrected chi connectivity index (χ1v) is 4.54. The van der Waals surface area contributed by atoms with Crippen molar-refractivity contribution >= 4 is 16.9 Å². The Kier molecular flexibility index (Phi) is 6.71. The molecule has 0 aliphatic heterocycles. The molecule has 0 amide bonds. The Morgan fingerprint density at radius 3 is 2.70 bits per heavy atom. The van der Waals surface area contributed by atoms with E-state index < -0.39 is 0 Å². The maximum Gasteiger partial charge on any atom is 0.186 e. The van der Waals surface area contributed by atoms with Crippen LogP contribution in [0, 0.1) is 0 Å². The number of carbonyl (C=O) groups is 1. The highest BCUT2D eigenvalue weighted by atomic mass is 32.2. The summed E-state index contributed by atoms with van der Waals surface area (Å²) in [4.78, 5) is 10.4. The molecular weight excluding hydrogens is 144 g/mol. The number of hydrogen-bond donors (Lipinski definition) is 0. The van der Waals surface area contributed by atoms with E-state index in [1.54, 1.807) is 6.92 Å². The van der Waals surface area contributed by atoms with Crippen LogP contribution in [0.5, 0.6) is 0 Å². The fourth-order valence-electron chi connectivity index (χ4n) is 0.518. The standard InChI is InChI=1S/C8H14OS/c1-3-4-5-6-7-10-8(2)9/h5-6H,3-4,7H2,1-2H3/b6-5+. The van der Waals surface area contributed by atoms with E-state index in [-0.39, 0.29) is 5.12 Å². The predicted octanol–water partition coefficient (Wildman–Crippen LogP) is 2.62. The Bertz CT molecular complexity index is 118. The molecule has 58 valence electrons. The van der Waals surface area contributed by atoms with Gasteiger partial charge in [0.05, 0.1) is 0 Å². The van der Waals surface area contributed by atoms with Crippen molar-refractivity contribution in [3.63, 3.8) is 0 Å². The number of unbranched alkanes of at least 4 members (excludes halogenated alkanes) is 1. The number of carbonyl (C=O) groups excluding carboxylic acids is 1. The molecule has 0 fully saturated rings. The van der Waals surface area contributed by atoms with Gasteiger partial charge < -0.3 is 0 Å². The van der Waals surface area contributed by atoms with Gasteiger partial charge in [-0.2, -0.15) is 0 Å². The van der Waals surface area contributed by atoms with Crippen LogP contribution in [0.25, 0.3) is 0 Å². The molecular formula is C8H14OS. The zero-order chi connectivity index (χ0) is 7.82. The summed E-state index contributed by atoms with van der Waals surface area (Å²) in [5.41, 5.74) is 0. The second-order valence-corrected chi connectivity index (χ2v) is 3.26. The Morgan fingerprint density at radius 1 is 1.50 bits per heavy atom.